The highest BCUT2D eigenvalue weighted by Crippen LogP contribution is 2.37. The molecule has 1 heterocycles. The Kier molecular flexibility index (Phi) is 8.23. The molecule has 2 aliphatic rings. The first-order chi connectivity index (χ1) is 19.4. The van der Waals surface area contributed by atoms with E-state index in [2.05, 4.69) is 30.4 Å². The summed E-state index contributed by atoms with van der Waals surface area (Å²) in [6, 6.07) is 16.7. The molecule has 1 saturated heterocycles. The summed E-state index contributed by atoms with van der Waals surface area (Å²) in [5.41, 5.74) is 5.53. The summed E-state index contributed by atoms with van der Waals surface area (Å²) in [6.07, 6.45) is 7.64. The fourth-order valence-corrected chi connectivity index (χ4v) is 5.93. The number of nitrogens with zero attached hydrogens (tertiary/aromatic N) is 1. The van der Waals surface area contributed by atoms with Crippen LogP contribution in [-0.2, 0) is 11.2 Å². The van der Waals surface area contributed by atoms with E-state index in [4.69, 9.17) is 31.5 Å². The average molecular weight is 574 g/mol. The summed E-state index contributed by atoms with van der Waals surface area (Å²) in [7, 11) is 3.11. The molecule has 0 radical (unpaired) electrons. The van der Waals surface area contributed by atoms with E-state index < -0.39 is 5.97 Å². The van der Waals surface area contributed by atoms with Crippen LogP contribution in [0.3, 0.4) is 0 Å². The Morgan fingerprint density at radius 2 is 1.85 bits per heavy atom. The Morgan fingerprint density at radius 1 is 1.05 bits per heavy atom. The zero-order chi connectivity index (χ0) is 28.2. The number of fused-ring (bicyclic) bond motifs is 1. The van der Waals surface area contributed by atoms with Crippen molar-refractivity contribution in [3.63, 3.8) is 0 Å². The summed E-state index contributed by atoms with van der Waals surface area (Å²) in [5.74, 6) is 0.356. The van der Waals surface area contributed by atoms with Crippen molar-refractivity contribution in [2.24, 2.45) is 0 Å². The number of thiocarbonyl (C=S) groups is 1. The fraction of sp³-hybridized carbons (Fsp3) is 0.194. The van der Waals surface area contributed by atoms with Crippen LogP contribution in [0.1, 0.15) is 33.5 Å². The lowest BCUT2D eigenvalue weighted by Gasteiger charge is -2.15. The Hall–Kier alpha value is -4.08. The minimum absolute atomic E-state index is 0.113. The second kappa shape index (κ2) is 12.0. The van der Waals surface area contributed by atoms with Gasteiger partial charge in [0.15, 0.2) is 11.5 Å². The number of hydrogen-bond acceptors (Lipinski definition) is 7. The largest absolute Gasteiger partial charge is 0.496 e. The molecule has 3 aromatic carbocycles. The van der Waals surface area contributed by atoms with Gasteiger partial charge in [-0.3, -0.25) is 9.69 Å². The molecule has 1 aliphatic carbocycles. The molecule has 0 saturated carbocycles. The fourth-order valence-electron chi connectivity index (χ4n) is 4.63. The maximum atomic E-state index is 13.2. The van der Waals surface area contributed by atoms with Gasteiger partial charge in [-0.2, -0.15) is 0 Å². The monoisotopic (exact) mass is 573 g/mol. The minimum atomic E-state index is -1.04. The topological polar surface area (TPSA) is 85.3 Å². The van der Waals surface area contributed by atoms with E-state index in [0.29, 0.717) is 40.3 Å². The number of ether oxygens (including phenoxy) is 3. The molecule has 1 aliphatic heterocycles. The van der Waals surface area contributed by atoms with Gasteiger partial charge in [-0.05, 0) is 77.6 Å². The number of rotatable bonds is 10. The molecule has 0 unspecified atom stereocenters. The van der Waals surface area contributed by atoms with Crippen molar-refractivity contribution in [3.8, 4) is 28.4 Å². The first-order valence-electron chi connectivity index (χ1n) is 12.7. The third-order valence-electron chi connectivity index (χ3n) is 6.68. The zero-order valence-corrected chi connectivity index (χ0v) is 23.6. The molecule has 0 atom stereocenters. The van der Waals surface area contributed by atoms with Crippen molar-refractivity contribution in [1.29, 1.82) is 0 Å². The lowest BCUT2D eigenvalue weighted by molar-refractivity contribution is -0.122. The third kappa shape index (κ3) is 5.76. The predicted molar refractivity (Wildman–Crippen MR) is 161 cm³/mol. The van der Waals surface area contributed by atoms with Gasteiger partial charge in [0.05, 0.1) is 31.3 Å². The van der Waals surface area contributed by atoms with E-state index in [1.807, 2.05) is 24.3 Å². The molecule has 5 rings (SSSR count). The van der Waals surface area contributed by atoms with E-state index in [9.17, 15) is 9.59 Å². The van der Waals surface area contributed by atoms with Gasteiger partial charge in [0, 0.05) is 12.1 Å². The van der Waals surface area contributed by atoms with Crippen molar-refractivity contribution in [2.45, 2.75) is 12.8 Å². The second-order valence-corrected chi connectivity index (χ2v) is 10.9. The number of carboxylic acid groups (broad SMARTS) is 1. The van der Waals surface area contributed by atoms with Gasteiger partial charge in [0.1, 0.15) is 10.1 Å². The van der Waals surface area contributed by atoms with Crippen molar-refractivity contribution in [3.05, 3.63) is 87.8 Å². The molecule has 0 aromatic heterocycles. The van der Waals surface area contributed by atoms with Crippen LogP contribution >= 0.6 is 24.0 Å². The number of carbonyl (C=O) groups is 2. The highest BCUT2D eigenvalue weighted by molar-refractivity contribution is 8.26. The van der Waals surface area contributed by atoms with Crippen LogP contribution in [0, 0.1) is 0 Å². The van der Waals surface area contributed by atoms with Crippen molar-refractivity contribution >= 4 is 52.3 Å². The summed E-state index contributed by atoms with van der Waals surface area (Å²) in [5, 5.41) is 9.15. The number of amides is 1. The number of carbonyl (C=O) groups excluding carboxylic acids is 1. The van der Waals surface area contributed by atoms with Gasteiger partial charge in [-0.15, -0.1) is 0 Å². The Balaban J connectivity index is 1.25. The quantitative estimate of drug-likeness (QED) is 0.172. The highest BCUT2D eigenvalue weighted by atomic mass is 32.2. The number of thioether (sulfide) groups is 1. The predicted octanol–water partition coefficient (Wildman–Crippen LogP) is 6.31. The van der Waals surface area contributed by atoms with Crippen molar-refractivity contribution in [2.75, 3.05) is 27.4 Å². The average Bonchev–Trinajstić information content (AvgIpc) is 3.54. The van der Waals surface area contributed by atoms with Crippen LogP contribution in [0.5, 0.6) is 17.2 Å². The maximum absolute atomic E-state index is 13.2. The highest BCUT2D eigenvalue weighted by Gasteiger charge is 2.31. The van der Waals surface area contributed by atoms with E-state index in [1.165, 1.54) is 42.1 Å². The summed E-state index contributed by atoms with van der Waals surface area (Å²) in [4.78, 5) is 26.5. The van der Waals surface area contributed by atoms with Gasteiger partial charge in [0.25, 0.3) is 5.91 Å². The Morgan fingerprint density at radius 3 is 2.62 bits per heavy atom. The SMILES string of the molecule is COc1cc(C(=O)O)ccc1OCCCN1C(=O)C(=Cc2ccc(OC)c(-c3ccc4c(c3)C=CC4)c2)SC1=S. The van der Waals surface area contributed by atoms with E-state index in [-0.39, 0.29) is 11.5 Å². The van der Waals surface area contributed by atoms with Gasteiger partial charge in [-0.1, -0.05) is 54.3 Å². The normalized spacial score (nSPS) is 15.1. The number of methoxy groups -OCH3 is 2. The van der Waals surface area contributed by atoms with E-state index in [1.54, 1.807) is 18.1 Å². The van der Waals surface area contributed by atoms with Crippen molar-refractivity contribution in [1.82, 2.24) is 4.90 Å². The number of allylic oxidation sites excluding steroid dienone is 1. The van der Waals surface area contributed by atoms with Crippen LogP contribution in [0.25, 0.3) is 23.3 Å². The maximum Gasteiger partial charge on any atom is 0.335 e. The lowest BCUT2D eigenvalue weighted by Crippen LogP contribution is -2.29. The summed E-state index contributed by atoms with van der Waals surface area (Å²) >= 11 is 6.79. The molecule has 3 aromatic rings. The van der Waals surface area contributed by atoms with E-state index in [0.717, 1.165) is 28.9 Å². The Labute approximate surface area is 242 Å². The Bertz CT molecular complexity index is 1560. The smallest absolute Gasteiger partial charge is 0.335 e. The summed E-state index contributed by atoms with van der Waals surface area (Å²) < 4.78 is 17.2. The third-order valence-corrected chi connectivity index (χ3v) is 8.06. The number of aromatic carboxylic acids is 1. The van der Waals surface area contributed by atoms with Gasteiger partial charge < -0.3 is 19.3 Å². The molecule has 0 spiro atoms. The van der Waals surface area contributed by atoms with Crippen molar-refractivity contribution < 1.29 is 28.9 Å². The zero-order valence-electron chi connectivity index (χ0n) is 22.0. The number of benzene rings is 3. The second-order valence-electron chi connectivity index (χ2n) is 9.19. The number of carboxylic acids is 1. The molecular formula is C31H27NO6S2. The summed E-state index contributed by atoms with van der Waals surface area (Å²) in [6.45, 7) is 0.699. The van der Waals surface area contributed by atoms with Crippen LogP contribution in [-0.4, -0.2) is 53.6 Å². The van der Waals surface area contributed by atoms with Crippen LogP contribution in [0.4, 0.5) is 0 Å². The molecule has 1 amide bonds. The van der Waals surface area contributed by atoms with Gasteiger partial charge >= 0.3 is 5.97 Å². The first kappa shape index (κ1) is 27.5. The van der Waals surface area contributed by atoms with Gasteiger partial charge in [-0.25, -0.2) is 4.79 Å². The number of hydrogen-bond donors (Lipinski definition) is 1. The van der Waals surface area contributed by atoms with Gasteiger partial charge in [0.2, 0.25) is 0 Å². The molecule has 40 heavy (non-hydrogen) atoms. The standard InChI is InChI=1S/C31H27NO6S2/c1-36-25-11-7-19(15-24(25)22-9-8-20-5-3-6-21(20)17-22)16-28-29(33)32(31(39)40-28)13-4-14-38-26-12-10-23(30(34)35)18-27(26)37-2/h3,6-12,15-18H,4-5,13-14H2,1-2H3,(H,34,35). The minimum Gasteiger partial charge on any atom is -0.496 e. The molecule has 7 nitrogen and oxygen atoms in total. The lowest BCUT2D eigenvalue weighted by atomic mass is 9.98. The molecule has 1 N–H and O–H groups in total. The van der Waals surface area contributed by atoms with Crippen LogP contribution in [0.15, 0.2) is 65.6 Å². The molecule has 1 fully saturated rings. The molecular weight excluding hydrogens is 546 g/mol. The van der Waals surface area contributed by atoms with Crippen LogP contribution in [0.2, 0.25) is 0 Å². The van der Waals surface area contributed by atoms with Crippen LogP contribution < -0.4 is 14.2 Å². The first-order valence-corrected chi connectivity index (χ1v) is 13.9. The molecule has 0 bridgehead atoms. The van der Waals surface area contributed by atoms with E-state index >= 15 is 0 Å². The molecule has 204 valence electrons. The molecule has 9 heteroatoms.